The van der Waals surface area contributed by atoms with Crippen LogP contribution in [0.5, 0.6) is 0 Å². The van der Waals surface area contributed by atoms with Crippen LogP contribution in [-0.4, -0.2) is 151 Å². The summed E-state index contributed by atoms with van der Waals surface area (Å²) in [5.74, 6) is -0.808. The second-order valence-electron chi connectivity index (χ2n) is 6.27. The summed E-state index contributed by atoms with van der Waals surface area (Å²) in [5, 5.41) is 87.6. The first-order chi connectivity index (χ1) is 15.4. The van der Waals surface area contributed by atoms with Crippen molar-refractivity contribution in [3.63, 3.8) is 0 Å². The van der Waals surface area contributed by atoms with E-state index < -0.39 is 74.6 Å². The number of carbonyl (C=O) groups excluding carboxylic acids is 3. The first-order valence-corrected chi connectivity index (χ1v) is 9.63. The van der Waals surface area contributed by atoms with Crippen LogP contribution in [0.15, 0.2) is 0 Å². The number of hydrogen-bond donors (Lipinski definition) is 10. The van der Waals surface area contributed by atoms with Gasteiger partial charge in [0, 0.05) is 13.5 Å². The zero-order valence-electron chi connectivity index (χ0n) is 18.3. The number of esters is 1. The van der Waals surface area contributed by atoms with Crippen molar-refractivity contribution in [3.05, 3.63) is 0 Å². The van der Waals surface area contributed by atoms with Gasteiger partial charge in [-0.2, -0.15) is 0 Å². The Balaban J connectivity index is -0.000000487. The van der Waals surface area contributed by atoms with Crippen LogP contribution in [0.4, 0.5) is 0 Å². The van der Waals surface area contributed by atoms with Crippen molar-refractivity contribution in [2.45, 2.75) is 62.7 Å². The fourth-order valence-electron chi connectivity index (χ4n) is 1.72. The Hall–Kier alpha value is -1.63. The SMILES string of the molecule is CC(=O)O[C@@H](C=O)[C@@H](O)[C@H](O)[C@H](O)CO.CCO.O=C[C@H](OCC(O)CO)[C@@H](O)[C@H](O)CO. The molecule has 0 fully saturated rings. The summed E-state index contributed by atoms with van der Waals surface area (Å²) in [6.07, 6.45) is -12.0. The van der Waals surface area contributed by atoms with Gasteiger partial charge in [0.2, 0.25) is 0 Å². The van der Waals surface area contributed by atoms with Gasteiger partial charge in [-0.3, -0.25) is 9.59 Å². The van der Waals surface area contributed by atoms with E-state index in [9.17, 15) is 29.7 Å². The smallest absolute Gasteiger partial charge is 0.303 e. The van der Waals surface area contributed by atoms with Gasteiger partial charge >= 0.3 is 5.97 Å². The van der Waals surface area contributed by atoms with Gasteiger partial charge < -0.3 is 65.3 Å². The molecule has 0 saturated carbocycles. The maximum Gasteiger partial charge on any atom is 0.303 e. The molecule has 0 amide bonds. The monoisotopic (exact) mass is 492 g/mol. The standard InChI is InChI=1S/C8H16O7.C8H14O7.C2H6O/c9-1-5(12)4-15-7(3-11)8(14)6(13)2-10;1-4(11)15-6(3-10)8(14)7(13)5(12)2-9;1-2-3/h3,5-10,12-14H,1-2,4H2;3,5-9,12-14H,2H2,1H3;3H,2H2,1H3/t5?,6-,7+,8+;5-,6+,7-,8-;/m11./s1. The highest BCUT2D eigenvalue weighted by molar-refractivity contribution is 5.70. The first kappa shape index (κ1) is 35.9. The summed E-state index contributed by atoms with van der Waals surface area (Å²) in [7, 11) is 0. The molecule has 15 nitrogen and oxygen atoms in total. The summed E-state index contributed by atoms with van der Waals surface area (Å²) >= 11 is 0. The Bertz CT molecular complexity index is 491. The van der Waals surface area contributed by atoms with E-state index in [1.165, 1.54) is 0 Å². The van der Waals surface area contributed by atoms with Crippen molar-refractivity contribution in [2.24, 2.45) is 0 Å². The molecule has 15 heteroatoms. The van der Waals surface area contributed by atoms with E-state index in [4.69, 9.17) is 40.5 Å². The topological polar surface area (TPSA) is 272 Å². The van der Waals surface area contributed by atoms with Crippen LogP contribution in [0, 0.1) is 0 Å². The van der Waals surface area contributed by atoms with Gasteiger partial charge in [0.25, 0.3) is 0 Å². The van der Waals surface area contributed by atoms with E-state index in [-0.39, 0.29) is 25.8 Å². The van der Waals surface area contributed by atoms with E-state index in [1.807, 2.05) is 0 Å². The Kier molecular flexibility index (Phi) is 24.2. The van der Waals surface area contributed by atoms with Crippen LogP contribution in [0.25, 0.3) is 0 Å². The molecule has 0 rings (SSSR count). The van der Waals surface area contributed by atoms with E-state index in [0.717, 1.165) is 6.92 Å². The molecular weight excluding hydrogens is 456 g/mol. The molecule has 0 aromatic carbocycles. The minimum Gasteiger partial charge on any atom is -0.452 e. The second-order valence-corrected chi connectivity index (χ2v) is 6.27. The normalized spacial score (nSPS) is 17.8. The van der Waals surface area contributed by atoms with Crippen molar-refractivity contribution in [3.8, 4) is 0 Å². The number of ether oxygens (including phenoxy) is 2. The van der Waals surface area contributed by atoms with Crippen LogP contribution in [0.1, 0.15) is 13.8 Å². The fourth-order valence-corrected chi connectivity index (χ4v) is 1.72. The number of aliphatic hydroxyl groups is 10. The molecule has 0 aliphatic heterocycles. The van der Waals surface area contributed by atoms with Gasteiger partial charge in [-0.1, -0.05) is 0 Å². The number of aldehydes is 2. The van der Waals surface area contributed by atoms with Gasteiger partial charge in [0.1, 0.15) is 42.7 Å². The van der Waals surface area contributed by atoms with Crippen LogP contribution < -0.4 is 0 Å². The molecule has 0 heterocycles. The molecular formula is C18H36O15. The maximum absolute atomic E-state index is 10.5. The van der Waals surface area contributed by atoms with Gasteiger partial charge in [0.15, 0.2) is 18.7 Å². The van der Waals surface area contributed by atoms with Crippen LogP contribution >= 0.6 is 0 Å². The molecule has 0 aromatic heterocycles. The molecule has 1 unspecified atom stereocenters. The van der Waals surface area contributed by atoms with Crippen LogP contribution in [-0.2, 0) is 23.9 Å². The van der Waals surface area contributed by atoms with E-state index in [2.05, 4.69) is 4.74 Å². The Morgan fingerprint density at radius 3 is 1.52 bits per heavy atom. The summed E-state index contributed by atoms with van der Waals surface area (Å²) in [5.41, 5.74) is 0. The van der Waals surface area contributed by atoms with Crippen molar-refractivity contribution in [1.82, 2.24) is 0 Å². The Labute approximate surface area is 190 Å². The minimum atomic E-state index is -1.78. The average molecular weight is 492 g/mol. The van der Waals surface area contributed by atoms with Crippen LogP contribution in [0.2, 0.25) is 0 Å². The molecule has 10 N–H and O–H groups in total. The molecule has 8 atom stereocenters. The zero-order valence-corrected chi connectivity index (χ0v) is 18.3. The van der Waals surface area contributed by atoms with E-state index >= 15 is 0 Å². The summed E-state index contributed by atoms with van der Waals surface area (Å²) in [6, 6.07) is 0. The molecule has 33 heavy (non-hydrogen) atoms. The lowest BCUT2D eigenvalue weighted by molar-refractivity contribution is -0.166. The molecule has 198 valence electrons. The van der Waals surface area contributed by atoms with Crippen molar-refractivity contribution < 1.29 is 74.9 Å². The molecule has 0 spiro atoms. The third-order valence-corrected chi connectivity index (χ3v) is 3.45. The van der Waals surface area contributed by atoms with E-state index in [1.54, 1.807) is 6.92 Å². The van der Waals surface area contributed by atoms with Crippen molar-refractivity contribution >= 4 is 18.5 Å². The lowest BCUT2D eigenvalue weighted by Gasteiger charge is -2.24. The highest BCUT2D eigenvalue weighted by atomic mass is 16.6. The summed E-state index contributed by atoms with van der Waals surface area (Å²) in [4.78, 5) is 31.3. The van der Waals surface area contributed by atoms with Gasteiger partial charge in [0.05, 0.1) is 26.4 Å². The lowest BCUT2D eigenvalue weighted by Crippen LogP contribution is -2.47. The molecule has 0 aliphatic carbocycles. The number of hydrogen-bond acceptors (Lipinski definition) is 15. The molecule has 0 aromatic rings. The van der Waals surface area contributed by atoms with Gasteiger partial charge in [-0.15, -0.1) is 0 Å². The molecule has 0 radical (unpaired) electrons. The van der Waals surface area contributed by atoms with E-state index in [0.29, 0.717) is 0 Å². The summed E-state index contributed by atoms with van der Waals surface area (Å²) in [6.45, 7) is 0.568. The minimum absolute atomic E-state index is 0.124. The largest absolute Gasteiger partial charge is 0.452 e. The van der Waals surface area contributed by atoms with Gasteiger partial charge in [-0.25, -0.2) is 0 Å². The molecule has 0 bridgehead atoms. The average Bonchev–Trinajstić information content (AvgIpc) is 2.81. The second kappa shape index (κ2) is 22.2. The molecule has 0 aliphatic rings. The zero-order chi connectivity index (χ0) is 26.6. The van der Waals surface area contributed by atoms with Crippen molar-refractivity contribution in [1.29, 1.82) is 0 Å². The number of aliphatic hydroxyl groups excluding tert-OH is 10. The maximum atomic E-state index is 10.5. The van der Waals surface area contributed by atoms with Crippen LogP contribution in [0.3, 0.4) is 0 Å². The number of rotatable bonds is 14. The summed E-state index contributed by atoms with van der Waals surface area (Å²) < 4.78 is 9.10. The fraction of sp³-hybridized carbons (Fsp3) is 0.833. The quantitative estimate of drug-likeness (QED) is 0.0797. The number of carbonyl (C=O) groups is 3. The lowest BCUT2D eigenvalue weighted by atomic mass is 10.0. The third kappa shape index (κ3) is 17.5. The predicted molar refractivity (Wildman–Crippen MR) is 107 cm³/mol. The highest BCUT2D eigenvalue weighted by Gasteiger charge is 2.32. The van der Waals surface area contributed by atoms with Gasteiger partial charge in [-0.05, 0) is 6.92 Å². The first-order valence-electron chi connectivity index (χ1n) is 9.63. The predicted octanol–water partition coefficient (Wildman–Crippen LogP) is -6.17. The Morgan fingerprint density at radius 1 is 0.758 bits per heavy atom. The Morgan fingerprint density at radius 2 is 1.18 bits per heavy atom. The third-order valence-electron chi connectivity index (χ3n) is 3.45. The highest BCUT2D eigenvalue weighted by Crippen LogP contribution is 2.07. The molecule has 0 saturated heterocycles. The van der Waals surface area contributed by atoms with Crippen molar-refractivity contribution in [2.75, 3.05) is 33.0 Å².